The molecule has 0 bridgehead atoms. The molecule has 6 heteroatoms. The molecule has 3 heterocycles. The number of pyridine rings is 1. The van der Waals surface area contributed by atoms with Crippen molar-refractivity contribution >= 4 is 28.2 Å². The number of amides is 1. The van der Waals surface area contributed by atoms with Crippen LogP contribution < -0.4 is 5.32 Å². The summed E-state index contributed by atoms with van der Waals surface area (Å²) in [4.78, 5) is 16.4. The first-order chi connectivity index (χ1) is 11.8. The number of rotatable bonds is 2. The van der Waals surface area contributed by atoms with Gasteiger partial charge in [0.25, 0.3) is 5.91 Å². The van der Waals surface area contributed by atoms with Crippen molar-refractivity contribution in [2.45, 2.75) is 19.4 Å². The monoisotopic (exact) mass is 320 g/mol. The lowest BCUT2D eigenvalue weighted by Crippen LogP contribution is -2.17. The molecule has 24 heavy (non-hydrogen) atoms. The Kier molecular flexibility index (Phi) is 3.49. The molecule has 0 radical (unpaired) electrons. The van der Waals surface area contributed by atoms with Crippen LogP contribution in [-0.2, 0) is 6.54 Å². The SMILES string of the molecule is O=C(Nc1cccnc1)c1ccc2cc3n(c2c1)CCCC3=NO. The molecule has 3 aromatic rings. The van der Waals surface area contributed by atoms with E-state index in [0.29, 0.717) is 17.0 Å². The van der Waals surface area contributed by atoms with Crippen molar-refractivity contribution in [3.8, 4) is 0 Å². The Morgan fingerprint density at radius 2 is 2.21 bits per heavy atom. The zero-order valence-electron chi connectivity index (χ0n) is 12.9. The molecule has 2 N–H and O–H groups in total. The second-order valence-electron chi connectivity index (χ2n) is 5.80. The summed E-state index contributed by atoms with van der Waals surface area (Å²) in [6.07, 6.45) is 4.96. The number of oxime groups is 1. The molecule has 120 valence electrons. The van der Waals surface area contributed by atoms with Gasteiger partial charge in [0.05, 0.1) is 17.6 Å². The Labute approximate surface area is 138 Å². The molecule has 2 aromatic heterocycles. The van der Waals surface area contributed by atoms with Gasteiger partial charge in [0.1, 0.15) is 5.71 Å². The maximum Gasteiger partial charge on any atom is 0.255 e. The average molecular weight is 320 g/mol. The lowest BCUT2D eigenvalue weighted by atomic mass is 10.1. The Morgan fingerprint density at radius 1 is 1.29 bits per heavy atom. The first kappa shape index (κ1) is 14.4. The van der Waals surface area contributed by atoms with Crippen LogP contribution in [0.1, 0.15) is 28.9 Å². The van der Waals surface area contributed by atoms with Crippen LogP contribution in [0.15, 0.2) is 53.9 Å². The van der Waals surface area contributed by atoms with Crippen LogP contribution in [0, 0.1) is 0 Å². The van der Waals surface area contributed by atoms with E-state index in [0.717, 1.165) is 36.0 Å². The highest BCUT2D eigenvalue weighted by molar-refractivity contribution is 6.08. The molecule has 0 saturated carbocycles. The smallest absolute Gasteiger partial charge is 0.255 e. The van der Waals surface area contributed by atoms with Gasteiger partial charge in [0.2, 0.25) is 0 Å². The predicted octanol–water partition coefficient (Wildman–Crippen LogP) is 3.26. The number of aryl methyl sites for hydroxylation is 1. The van der Waals surface area contributed by atoms with E-state index in [9.17, 15) is 10.0 Å². The fraction of sp³-hybridized carbons (Fsp3) is 0.167. The Balaban J connectivity index is 1.72. The second kappa shape index (κ2) is 5.81. The normalized spacial score (nSPS) is 15.4. The van der Waals surface area contributed by atoms with Gasteiger partial charge in [-0.1, -0.05) is 11.2 Å². The highest BCUT2D eigenvalue weighted by Crippen LogP contribution is 2.27. The van der Waals surface area contributed by atoms with Crippen molar-refractivity contribution in [1.29, 1.82) is 0 Å². The van der Waals surface area contributed by atoms with E-state index >= 15 is 0 Å². The van der Waals surface area contributed by atoms with Gasteiger partial charge in [-0.3, -0.25) is 9.78 Å². The number of benzene rings is 1. The van der Waals surface area contributed by atoms with Gasteiger partial charge < -0.3 is 15.1 Å². The summed E-state index contributed by atoms with van der Waals surface area (Å²) in [5, 5.41) is 16.5. The predicted molar refractivity (Wildman–Crippen MR) is 91.7 cm³/mol. The van der Waals surface area contributed by atoms with E-state index in [1.807, 2.05) is 18.2 Å². The van der Waals surface area contributed by atoms with Gasteiger partial charge in [-0.15, -0.1) is 0 Å². The average Bonchev–Trinajstić information content (AvgIpc) is 3.00. The largest absolute Gasteiger partial charge is 0.411 e. The summed E-state index contributed by atoms with van der Waals surface area (Å²) < 4.78 is 2.11. The van der Waals surface area contributed by atoms with Crippen LogP contribution in [0.5, 0.6) is 0 Å². The van der Waals surface area contributed by atoms with Crippen molar-refractivity contribution in [3.63, 3.8) is 0 Å². The van der Waals surface area contributed by atoms with E-state index < -0.39 is 0 Å². The maximum atomic E-state index is 12.5. The molecule has 0 atom stereocenters. The standard InChI is InChI=1S/C18H16N4O2/c23-18(20-14-3-1-7-19-11-14)13-6-5-12-9-17-15(21-24)4-2-8-22(17)16(12)10-13/h1,3,5-7,9-11,24H,2,4,8H2,(H,20,23). The molecule has 0 unspecified atom stereocenters. The number of hydrogen-bond donors (Lipinski definition) is 2. The van der Waals surface area contributed by atoms with Gasteiger partial charge in [-0.25, -0.2) is 0 Å². The Bertz CT molecular complexity index is 944. The quantitative estimate of drug-likeness (QED) is 0.562. The molecule has 0 aliphatic carbocycles. The van der Waals surface area contributed by atoms with Crippen LogP contribution in [0.2, 0.25) is 0 Å². The van der Waals surface area contributed by atoms with Crippen molar-refractivity contribution in [1.82, 2.24) is 9.55 Å². The van der Waals surface area contributed by atoms with E-state index in [4.69, 9.17) is 0 Å². The minimum Gasteiger partial charge on any atom is -0.411 e. The number of nitrogens with one attached hydrogen (secondary N) is 1. The lowest BCUT2D eigenvalue weighted by Gasteiger charge is -2.17. The first-order valence-corrected chi connectivity index (χ1v) is 7.82. The molecule has 0 spiro atoms. The van der Waals surface area contributed by atoms with Crippen LogP contribution >= 0.6 is 0 Å². The fourth-order valence-corrected chi connectivity index (χ4v) is 3.15. The highest BCUT2D eigenvalue weighted by Gasteiger charge is 2.19. The molecule has 1 aliphatic rings. The molecular formula is C18H16N4O2. The Hall–Kier alpha value is -3.15. The summed E-state index contributed by atoms with van der Waals surface area (Å²) in [5.41, 5.74) is 3.84. The molecule has 0 fully saturated rings. The number of carbonyl (C=O) groups is 1. The van der Waals surface area contributed by atoms with E-state index in [1.54, 1.807) is 30.6 Å². The van der Waals surface area contributed by atoms with Gasteiger partial charge >= 0.3 is 0 Å². The zero-order valence-corrected chi connectivity index (χ0v) is 12.9. The number of fused-ring (bicyclic) bond motifs is 3. The van der Waals surface area contributed by atoms with Crippen LogP contribution in [0.3, 0.4) is 0 Å². The third-order valence-corrected chi connectivity index (χ3v) is 4.30. The maximum absolute atomic E-state index is 12.5. The van der Waals surface area contributed by atoms with Gasteiger partial charge in [-0.2, -0.15) is 0 Å². The minimum absolute atomic E-state index is 0.174. The highest BCUT2D eigenvalue weighted by atomic mass is 16.4. The molecule has 1 amide bonds. The van der Waals surface area contributed by atoms with Crippen molar-refractivity contribution < 1.29 is 10.0 Å². The molecule has 1 aliphatic heterocycles. The van der Waals surface area contributed by atoms with E-state index in [-0.39, 0.29) is 5.91 Å². The molecule has 1 aromatic carbocycles. The van der Waals surface area contributed by atoms with E-state index in [1.165, 1.54) is 0 Å². The molecule has 4 rings (SSSR count). The van der Waals surface area contributed by atoms with Crippen molar-refractivity contribution in [2.75, 3.05) is 5.32 Å². The van der Waals surface area contributed by atoms with Crippen LogP contribution in [-0.4, -0.2) is 26.4 Å². The Morgan fingerprint density at radius 3 is 3.00 bits per heavy atom. The number of aromatic nitrogens is 2. The van der Waals surface area contributed by atoms with Crippen LogP contribution in [0.25, 0.3) is 10.9 Å². The number of nitrogens with zero attached hydrogens (tertiary/aromatic N) is 3. The summed E-state index contributed by atoms with van der Waals surface area (Å²) in [7, 11) is 0. The van der Waals surface area contributed by atoms with E-state index in [2.05, 4.69) is 20.0 Å². The molecular weight excluding hydrogens is 304 g/mol. The summed E-state index contributed by atoms with van der Waals surface area (Å²) in [6.45, 7) is 0.853. The van der Waals surface area contributed by atoms with Crippen molar-refractivity contribution in [3.05, 3.63) is 60.0 Å². The third-order valence-electron chi connectivity index (χ3n) is 4.30. The number of hydrogen-bond acceptors (Lipinski definition) is 4. The van der Waals surface area contributed by atoms with Crippen LogP contribution in [0.4, 0.5) is 5.69 Å². The summed E-state index contributed by atoms with van der Waals surface area (Å²) in [6, 6.07) is 11.2. The lowest BCUT2D eigenvalue weighted by molar-refractivity contribution is 0.102. The summed E-state index contributed by atoms with van der Waals surface area (Å²) >= 11 is 0. The van der Waals surface area contributed by atoms with Crippen molar-refractivity contribution in [2.24, 2.45) is 5.16 Å². The van der Waals surface area contributed by atoms with Gasteiger partial charge in [-0.05, 0) is 43.2 Å². The number of carbonyl (C=O) groups excluding carboxylic acids is 1. The third kappa shape index (κ3) is 2.42. The first-order valence-electron chi connectivity index (χ1n) is 7.82. The minimum atomic E-state index is -0.174. The zero-order chi connectivity index (χ0) is 16.5. The summed E-state index contributed by atoms with van der Waals surface area (Å²) in [5.74, 6) is -0.174. The van der Waals surface area contributed by atoms with Gasteiger partial charge in [0, 0.05) is 29.2 Å². The molecule has 6 nitrogen and oxygen atoms in total. The number of anilines is 1. The fourth-order valence-electron chi connectivity index (χ4n) is 3.15. The molecule has 0 saturated heterocycles. The van der Waals surface area contributed by atoms with Gasteiger partial charge in [0.15, 0.2) is 0 Å². The topological polar surface area (TPSA) is 79.5 Å². The second-order valence-corrected chi connectivity index (χ2v) is 5.80.